The lowest BCUT2D eigenvalue weighted by Crippen LogP contribution is -2.28. The molecule has 0 spiro atoms. The maximum absolute atomic E-state index is 11.8. The van der Waals surface area contributed by atoms with Crippen LogP contribution in [0.5, 0.6) is 0 Å². The molecule has 0 aromatic heterocycles. The monoisotopic (exact) mass is 338 g/mol. The molecule has 2 heterocycles. The minimum absolute atomic E-state index is 0.105. The van der Waals surface area contributed by atoms with E-state index in [0.29, 0.717) is 6.42 Å². The van der Waals surface area contributed by atoms with Gasteiger partial charge in [0.15, 0.2) is 12.6 Å². The van der Waals surface area contributed by atoms with Gasteiger partial charge in [-0.1, -0.05) is 0 Å². The second kappa shape index (κ2) is 7.70. The Labute approximate surface area is 129 Å². The molecule has 3 N–H and O–H groups in total. The maximum atomic E-state index is 11.8. The highest BCUT2D eigenvalue weighted by Crippen LogP contribution is 2.45. The third kappa shape index (κ3) is 4.99. The first-order valence-electron chi connectivity index (χ1n) is 6.88. The number of ether oxygens (including phenoxy) is 3. The summed E-state index contributed by atoms with van der Waals surface area (Å²) in [6, 6.07) is -0.509. The lowest BCUT2D eigenvalue weighted by molar-refractivity contribution is -0.170. The molecule has 0 amide bonds. The van der Waals surface area contributed by atoms with E-state index in [0.717, 1.165) is 0 Å². The molecule has 126 valence electrons. The standard InChI is InChI=1S/C11H20BO9P/c1-17-7-3-9(12)20-8(7)5-19-22(15,16)18-4-6-2-10(13)21-11(6)14/h6-11,13-14H,2-5H2,1H3,(H,15,16)/t6-,7+,8?,9+,10?,11?/m0/s1. The van der Waals surface area contributed by atoms with Crippen molar-refractivity contribution in [1.82, 2.24) is 0 Å². The fourth-order valence-corrected chi connectivity index (χ4v) is 3.18. The van der Waals surface area contributed by atoms with E-state index < -0.39 is 38.4 Å². The second-order valence-electron chi connectivity index (χ2n) is 5.26. The van der Waals surface area contributed by atoms with Gasteiger partial charge in [0.1, 0.15) is 14.0 Å². The van der Waals surface area contributed by atoms with Gasteiger partial charge < -0.3 is 29.3 Å². The van der Waals surface area contributed by atoms with E-state index in [2.05, 4.69) is 4.74 Å². The van der Waals surface area contributed by atoms with Crippen LogP contribution in [-0.2, 0) is 27.8 Å². The predicted molar refractivity (Wildman–Crippen MR) is 72.8 cm³/mol. The number of aliphatic hydroxyl groups excluding tert-OH is 2. The largest absolute Gasteiger partial charge is 0.472 e. The van der Waals surface area contributed by atoms with E-state index in [-0.39, 0.29) is 25.7 Å². The molecule has 0 aromatic carbocycles. The number of phosphoric ester groups is 1. The zero-order valence-corrected chi connectivity index (χ0v) is 13.0. The van der Waals surface area contributed by atoms with Crippen LogP contribution in [0.4, 0.5) is 0 Å². The molecule has 0 aliphatic carbocycles. The van der Waals surface area contributed by atoms with Gasteiger partial charge in [-0.15, -0.1) is 0 Å². The molecular formula is C11H20BO9P. The van der Waals surface area contributed by atoms with Gasteiger partial charge in [-0.3, -0.25) is 9.05 Å². The molecule has 7 atom stereocenters. The van der Waals surface area contributed by atoms with Gasteiger partial charge in [0.2, 0.25) is 0 Å². The second-order valence-corrected chi connectivity index (χ2v) is 6.71. The third-order valence-electron chi connectivity index (χ3n) is 3.59. The Hall–Kier alpha value is -0.0251. The van der Waals surface area contributed by atoms with Crippen LogP contribution in [0.1, 0.15) is 12.8 Å². The summed E-state index contributed by atoms with van der Waals surface area (Å²) in [5.41, 5.74) is 0. The lowest BCUT2D eigenvalue weighted by Gasteiger charge is -2.20. The van der Waals surface area contributed by atoms with Crippen LogP contribution in [0, 0.1) is 5.92 Å². The summed E-state index contributed by atoms with van der Waals surface area (Å²) in [6.07, 6.45) is -2.68. The molecule has 11 heteroatoms. The van der Waals surface area contributed by atoms with Gasteiger partial charge in [-0.05, 0) is 6.42 Å². The quantitative estimate of drug-likeness (QED) is 0.400. The molecule has 0 aromatic rings. The number of phosphoric acid groups is 1. The van der Waals surface area contributed by atoms with Gasteiger partial charge in [-0.25, -0.2) is 4.57 Å². The first-order chi connectivity index (χ1) is 10.3. The number of methoxy groups -OCH3 is 1. The molecule has 2 fully saturated rings. The zero-order chi connectivity index (χ0) is 16.3. The van der Waals surface area contributed by atoms with E-state index in [4.69, 9.17) is 26.4 Å². The number of hydrogen-bond donors (Lipinski definition) is 3. The molecule has 9 nitrogen and oxygen atoms in total. The zero-order valence-electron chi connectivity index (χ0n) is 12.1. The Morgan fingerprint density at radius 2 is 1.91 bits per heavy atom. The Balaban J connectivity index is 1.75. The summed E-state index contributed by atoms with van der Waals surface area (Å²) in [7, 11) is 2.78. The van der Waals surface area contributed by atoms with Crippen molar-refractivity contribution >= 4 is 15.7 Å². The van der Waals surface area contributed by atoms with Crippen molar-refractivity contribution in [2.24, 2.45) is 5.92 Å². The molecule has 2 radical (unpaired) electrons. The van der Waals surface area contributed by atoms with Crippen molar-refractivity contribution in [2.45, 2.75) is 43.6 Å². The summed E-state index contributed by atoms with van der Waals surface area (Å²) in [5.74, 6) is -0.609. The summed E-state index contributed by atoms with van der Waals surface area (Å²) in [4.78, 5) is 9.61. The van der Waals surface area contributed by atoms with Gasteiger partial charge in [0, 0.05) is 25.5 Å². The Morgan fingerprint density at radius 3 is 2.50 bits per heavy atom. The molecule has 4 unspecified atom stereocenters. The van der Waals surface area contributed by atoms with Crippen molar-refractivity contribution in [2.75, 3.05) is 20.3 Å². The smallest absolute Gasteiger partial charge is 0.380 e. The average molecular weight is 338 g/mol. The van der Waals surface area contributed by atoms with Gasteiger partial charge in [0.05, 0.1) is 19.3 Å². The van der Waals surface area contributed by atoms with Crippen LogP contribution in [0.25, 0.3) is 0 Å². The van der Waals surface area contributed by atoms with Gasteiger partial charge in [0.25, 0.3) is 0 Å². The number of rotatable bonds is 7. The highest BCUT2D eigenvalue weighted by molar-refractivity contribution is 7.47. The highest BCUT2D eigenvalue weighted by atomic mass is 31.2. The Morgan fingerprint density at radius 1 is 1.23 bits per heavy atom. The van der Waals surface area contributed by atoms with Crippen LogP contribution in [0.15, 0.2) is 0 Å². The average Bonchev–Trinajstić information content (AvgIpc) is 2.96. The Bertz CT molecular complexity index is 411. The van der Waals surface area contributed by atoms with Gasteiger partial charge in [-0.2, -0.15) is 0 Å². The summed E-state index contributed by atoms with van der Waals surface area (Å²) in [6.45, 7) is -0.503. The van der Waals surface area contributed by atoms with Gasteiger partial charge >= 0.3 is 7.82 Å². The molecule has 2 saturated heterocycles. The SMILES string of the molecule is [B][C@H]1C[C@@H](OC)C(COP(=O)(O)OC[C@@H]2CC(O)OC2O)O1. The van der Waals surface area contributed by atoms with Crippen LogP contribution in [-0.4, -0.2) is 74.1 Å². The number of hydrogen-bond acceptors (Lipinski definition) is 8. The van der Waals surface area contributed by atoms with Crippen molar-refractivity contribution in [3.8, 4) is 0 Å². The third-order valence-corrected chi connectivity index (χ3v) is 4.54. The normalized spacial score (nSPS) is 41.6. The van der Waals surface area contributed by atoms with Crippen LogP contribution >= 0.6 is 7.82 Å². The lowest BCUT2D eigenvalue weighted by atomic mass is 9.96. The molecule has 2 aliphatic rings. The van der Waals surface area contributed by atoms with E-state index >= 15 is 0 Å². The summed E-state index contributed by atoms with van der Waals surface area (Å²) in [5, 5.41) is 18.6. The molecule has 0 bridgehead atoms. The summed E-state index contributed by atoms with van der Waals surface area (Å²) < 4.78 is 36.6. The van der Waals surface area contributed by atoms with Crippen LogP contribution in [0.3, 0.4) is 0 Å². The highest BCUT2D eigenvalue weighted by Gasteiger charge is 2.37. The van der Waals surface area contributed by atoms with E-state index in [1.165, 1.54) is 7.11 Å². The van der Waals surface area contributed by atoms with Crippen LogP contribution in [0.2, 0.25) is 0 Å². The van der Waals surface area contributed by atoms with E-state index in [1.807, 2.05) is 0 Å². The summed E-state index contributed by atoms with van der Waals surface area (Å²) >= 11 is 0. The molecule has 2 aliphatic heterocycles. The first kappa shape index (κ1) is 18.3. The topological polar surface area (TPSA) is 124 Å². The van der Waals surface area contributed by atoms with Crippen molar-refractivity contribution in [1.29, 1.82) is 0 Å². The molecular weight excluding hydrogens is 318 g/mol. The molecule has 22 heavy (non-hydrogen) atoms. The minimum atomic E-state index is -4.33. The Kier molecular flexibility index (Phi) is 6.41. The van der Waals surface area contributed by atoms with E-state index in [1.54, 1.807) is 0 Å². The minimum Gasteiger partial charge on any atom is -0.380 e. The molecule has 2 rings (SSSR count). The predicted octanol–water partition coefficient (Wildman–Crippen LogP) is -0.908. The van der Waals surface area contributed by atoms with Crippen molar-refractivity contribution in [3.05, 3.63) is 0 Å². The van der Waals surface area contributed by atoms with Crippen molar-refractivity contribution in [3.63, 3.8) is 0 Å². The number of aliphatic hydroxyl groups is 2. The molecule has 0 saturated carbocycles. The van der Waals surface area contributed by atoms with Crippen molar-refractivity contribution < 1.29 is 42.9 Å². The first-order valence-corrected chi connectivity index (χ1v) is 8.37. The fourth-order valence-electron chi connectivity index (χ4n) is 2.39. The van der Waals surface area contributed by atoms with E-state index in [9.17, 15) is 19.7 Å². The maximum Gasteiger partial charge on any atom is 0.472 e. The van der Waals surface area contributed by atoms with Crippen LogP contribution < -0.4 is 0 Å². The fraction of sp³-hybridized carbons (Fsp3) is 1.00.